The van der Waals surface area contributed by atoms with Crippen LogP contribution in [0.4, 0.5) is 8.78 Å². The lowest BCUT2D eigenvalue weighted by Gasteiger charge is -2.22. The number of rotatable bonds is 7. The Labute approximate surface area is 147 Å². The highest BCUT2D eigenvalue weighted by atomic mass is 35.5. The predicted octanol–water partition coefficient (Wildman–Crippen LogP) is 3.82. The summed E-state index contributed by atoms with van der Waals surface area (Å²) < 4.78 is 33.8. The van der Waals surface area contributed by atoms with Crippen molar-refractivity contribution in [2.24, 2.45) is 5.41 Å². The zero-order valence-corrected chi connectivity index (χ0v) is 14.1. The molecule has 6 nitrogen and oxygen atoms in total. The van der Waals surface area contributed by atoms with E-state index >= 15 is 0 Å². The van der Waals surface area contributed by atoms with Crippen LogP contribution in [-0.4, -0.2) is 38.4 Å². The van der Waals surface area contributed by atoms with E-state index in [1.54, 1.807) is 12.3 Å². The minimum absolute atomic E-state index is 0.107. The van der Waals surface area contributed by atoms with Crippen molar-refractivity contribution in [1.29, 1.82) is 0 Å². The van der Waals surface area contributed by atoms with E-state index in [1.807, 2.05) is 0 Å². The molecule has 0 unspecified atom stereocenters. The molecule has 0 saturated heterocycles. The average Bonchev–Trinajstić information content (AvgIpc) is 3.17. The molecule has 3 rings (SSSR count). The van der Waals surface area contributed by atoms with E-state index in [-0.39, 0.29) is 29.6 Å². The topological polar surface area (TPSA) is 77.2 Å². The summed E-state index contributed by atoms with van der Waals surface area (Å²) in [6, 6.07) is 4.36. The van der Waals surface area contributed by atoms with Gasteiger partial charge < -0.3 is 9.84 Å². The molecule has 1 aliphatic carbocycles. The first kappa shape index (κ1) is 17.6. The van der Waals surface area contributed by atoms with E-state index in [0.717, 1.165) is 6.92 Å². The molecule has 9 heteroatoms. The van der Waals surface area contributed by atoms with Gasteiger partial charge in [-0.05, 0) is 38.3 Å². The molecule has 0 spiro atoms. The fraction of sp³-hybridized carbons (Fsp3) is 0.438. The molecule has 2 aromatic heterocycles. The smallest absolute Gasteiger partial charge is 0.338 e. The monoisotopic (exact) mass is 371 g/mol. The highest BCUT2D eigenvalue weighted by Crippen LogP contribution is 2.59. The van der Waals surface area contributed by atoms with Crippen molar-refractivity contribution in [2.45, 2.75) is 32.1 Å². The molecule has 0 atom stereocenters. The van der Waals surface area contributed by atoms with Gasteiger partial charge in [0.25, 0.3) is 5.92 Å². The van der Waals surface area contributed by atoms with E-state index in [9.17, 15) is 13.6 Å². The second-order valence-corrected chi connectivity index (χ2v) is 6.54. The predicted molar refractivity (Wildman–Crippen MR) is 85.7 cm³/mol. The highest BCUT2D eigenvalue weighted by Gasteiger charge is 2.58. The Kier molecular flexibility index (Phi) is 4.40. The van der Waals surface area contributed by atoms with Crippen molar-refractivity contribution in [3.63, 3.8) is 0 Å². The fourth-order valence-corrected chi connectivity index (χ4v) is 2.86. The summed E-state index contributed by atoms with van der Waals surface area (Å²) >= 11 is 5.83. The van der Waals surface area contributed by atoms with Gasteiger partial charge >= 0.3 is 5.97 Å². The summed E-state index contributed by atoms with van der Waals surface area (Å²) in [6.45, 7) is 1.09. The lowest BCUT2D eigenvalue weighted by Crippen LogP contribution is -2.27. The standard InChI is InChI=1S/C16H16ClF2N3O3/c1-15(18,19)16(5-6-16)7-9-25-12-4-8-22(21-12)11-3-2-10(14(23)24)13(17)20-11/h2-4,8H,5-7,9H2,1H3,(H,23,24). The van der Waals surface area contributed by atoms with Gasteiger partial charge in [-0.25, -0.2) is 23.2 Å². The van der Waals surface area contributed by atoms with Crippen molar-refractivity contribution in [1.82, 2.24) is 14.8 Å². The van der Waals surface area contributed by atoms with Gasteiger partial charge in [0, 0.05) is 17.7 Å². The van der Waals surface area contributed by atoms with Crippen molar-refractivity contribution < 1.29 is 23.4 Å². The minimum Gasteiger partial charge on any atom is -0.478 e. The molecule has 2 aromatic rings. The van der Waals surface area contributed by atoms with Gasteiger partial charge in [0.2, 0.25) is 5.88 Å². The van der Waals surface area contributed by atoms with Gasteiger partial charge in [-0.1, -0.05) is 11.6 Å². The molecule has 1 fully saturated rings. The Hall–Kier alpha value is -2.22. The number of nitrogens with zero attached hydrogens (tertiary/aromatic N) is 3. The molecule has 134 valence electrons. The number of carboxylic acids is 1. The maximum absolute atomic E-state index is 13.5. The fourth-order valence-electron chi connectivity index (χ4n) is 2.63. The Morgan fingerprint density at radius 3 is 2.72 bits per heavy atom. The molecule has 0 radical (unpaired) electrons. The summed E-state index contributed by atoms with van der Waals surface area (Å²) in [7, 11) is 0. The maximum atomic E-state index is 13.5. The first-order valence-corrected chi connectivity index (χ1v) is 8.06. The second kappa shape index (κ2) is 6.25. The Bertz CT molecular complexity index is 800. The number of aromatic nitrogens is 3. The van der Waals surface area contributed by atoms with E-state index in [4.69, 9.17) is 21.4 Å². The lowest BCUT2D eigenvalue weighted by atomic mass is 9.96. The average molecular weight is 372 g/mol. The normalized spacial score (nSPS) is 15.8. The number of hydrogen-bond acceptors (Lipinski definition) is 4. The second-order valence-electron chi connectivity index (χ2n) is 6.18. The van der Waals surface area contributed by atoms with Crippen molar-refractivity contribution in [3.05, 3.63) is 35.1 Å². The molecule has 0 bridgehead atoms. The van der Waals surface area contributed by atoms with Crippen LogP contribution in [0.25, 0.3) is 5.82 Å². The quantitative estimate of drug-likeness (QED) is 0.748. The number of carboxylic acid groups (broad SMARTS) is 1. The molecule has 1 aliphatic rings. The van der Waals surface area contributed by atoms with Gasteiger partial charge in [0.1, 0.15) is 5.15 Å². The highest BCUT2D eigenvalue weighted by molar-refractivity contribution is 6.32. The van der Waals surface area contributed by atoms with E-state index in [0.29, 0.717) is 18.7 Å². The SMILES string of the molecule is CC(F)(F)C1(CCOc2ccn(-c3ccc(C(=O)O)c(Cl)n3)n2)CC1. The first-order valence-electron chi connectivity index (χ1n) is 7.68. The van der Waals surface area contributed by atoms with Gasteiger partial charge in [-0.15, -0.1) is 5.10 Å². The third-order valence-corrected chi connectivity index (χ3v) is 4.77. The number of alkyl halides is 2. The van der Waals surface area contributed by atoms with Crippen LogP contribution in [-0.2, 0) is 0 Å². The summed E-state index contributed by atoms with van der Waals surface area (Å²) in [6.07, 6.45) is 2.84. The van der Waals surface area contributed by atoms with Gasteiger partial charge in [0.15, 0.2) is 5.82 Å². The zero-order chi connectivity index (χ0) is 18.2. The van der Waals surface area contributed by atoms with Crippen molar-refractivity contribution in [3.8, 4) is 11.7 Å². The number of ether oxygens (including phenoxy) is 1. The molecule has 0 aromatic carbocycles. The van der Waals surface area contributed by atoms with Crippen LogP contribution < -0.4 is 4.74 Å². The van der Waals surface area contributed by atoms with Crippen molar-refractivity contribution in [2.75, 3.05) is 6.61 Å². The molecular weight excluding hydrogens is 356 g/mol. The van der Waals surface area contributed by atoms with Gasteiger partial charge in [-0.2, -0.15) is 0 Å². The summed E-state index contributed by atoms with van der Waals surface area (Å²) in [5.74, 6) is -3.28. The summed E-state index contributed by atoms with van der Waals surface area (Å²) in [5.41, 5.74) is -1.05. The Morgan fingerprint density at radius 1 is 1.44 bits per heavy atom. The molecule has 0 amide bonds. The lowest BCUT2D eigenvalue weighted by molar-refractivity contribution is -0.0618. The van der Waals surface area contributed by atoms with Crippen LogP contribution in [0.3, 0.4) is 0 Å². The van der Waals surface area contributed by atoms with E-state index in [2.05, 4.69) is 10.1 Å². The Balaban J connectivity index is 1.63. The Morgan fingerprint density at radius 2 is 2.16 bits per heavy atom. The maximum Gasteiger partial charge on any atom is 0.338 e. The third-order valence-electron chi connectivity index (χ3n) is 4.48. The summed E-state index contributed by atoms with van der Waals surface area (Å²) in [4.78, 5) is 14.9. The number of aromatic carboxylic acids is 1. The summed E-state index contributed by atoms with van der Waals surface area (Å²) in [5, 5.41) is 12.9. The van der Waals surface area contributed by atoms with Crippen LogP contribution >= 0.6 is 11.6 Å². The molecule has 25 heavy (non-hydrogen) atoms. The first-order chi connectivity index (χ1) is 11.7. The van der Waals surface area contributed by atoms with E-state index < -0.39 is 17.3 Å². The number of halogens is 3. The minimum atomic E-state index is -2.71. The van der Waals surface area contributed by atoms with E-state index in [1.165, 1.54) is 16.8 Å². The third kappa shape index (κ3) is 3.58. The van der Waals surface area contributed by atoms with Crippen LogP contribution in [0.5, 0.6) is 5.88 Å². The molecule has 2 heterocycles. The number of carbonyl (C=O) groups is 1. The van der Waals surface area contributed by atoms with Crippen LogP contribution in [0.1, 0.15) is 36.5 Å². The molecule has 1 saturated carbocycles. The van der Waals surface area contributed by atoms with Crippen LogP contribution in [0, 0.1) is 5.41 Å². The molecule has 0 aliphatic heterocycles. The van der Waals surface area contributed by atoms with Crippen molar-refractivity contribution >= 4 is 17.6 Å². The van der Waals surface area contributed by atoms with Gasteiger partial charge in [0.05, 0.1) is 12.2 Å². The van der Waals surface area contributed by atoms with Gasteiger partial charge in [-0.3, -0.25) is 0 Å². The zero-order valence-electron chi connectivity index (χ0n) is 13.4. The number of pyridine rings is 1. The molecule has 1 N–H and O–H groups in total. The largest absolute Gasteiger partial charge is 0.478 e. The molecular formula is C16H16ClF2N3O3. The van der Waals surface area contributed by atoms with Crippen LogP contribution in [0.2, 0.25) is 5.15 Å². The van der Waals surface area contributed by atoms with Crippen LogP contribution in [0.15, 0.2) is 24.4 Å². The number of hydrogen-bond donors (Lipinski definition) is 1.